The number of aryl methyl sites for hydroxylation is 2. The molecular weight excluding hydrogens is 459 g/mol. The van der Waals surface area contributed by atoms with Crippen molar-refractivity contribution in [2.24, 2.45) is 0 Å². The van der Waals surface area contributed by atoms with Gasteiger partial charge in [0.15, 0.2) is 0 Å². The molecule has 0 saturated heterocycles. The Morgan fingerprint density at radius 2 is 1.75 bits per heavy atom. The molecule has 0 radical (unpaired) electrons. The smallest absolute Gasteiger partial charge is 0.326 e. The van der Waals surface area contributed by atoms with Crippen LogP contribution < -0.4 is 15.0 Å². The molecule has 8 heteroatoms. The highest BCUT2D eigenvalue weighted by Crippen LogP contribution is 2.40. The van der Waals surface area contributed by atoms with E-state index in [2.05, 4.69) is 15.5 Å². The zero-order valence-electron chi connectivity index (χ0n) is 20.4. The van der Waals surface area contributed by atoms with E-state index in [9.17, 15) is 9.18 Å². The van der Waals surface area contributed by atoms with Gasteiger partial charge in [-0.2, -0.15) is 4.98 Å². The van der Waals surface area contributed by atoms with E-state index in [-0.39, 0.29) is 17.7 Å². The van der Waals surface area contributed by atoms with Crippen LogP contribution in [0.1, 0.15) is 35.5 Å². The lowest BCUT2D eigenvalue weighted by atomic mass is 9.94. The van der Waals surface area contributed by atoms with Gasteiger partial charge < -0.3 is 14.6 Å². The van der Waals surface area contributed by atoms with Crippen molar-refractivity contribution in [2.75, 3.05) is 12.0 Å². The Bertz CT molecular complexity index is 1470. The van der Waals surface area contributed by atoms with E-state index >= 15 is 0 Å². The summed E-state index contributed by atoms with van der Waals surface area (Å²) in [5, 5.41) is 7.20. The normalized spacial score (nSPS) is 15.8. The number of hydrogen-bond donors (Lipinski definition) is 1. The molecule has 1 unspecified atom stereocenters. The molecule has 7 nitrogen and oxygen atoms in total. The molecule has 4 aromatic rings. The third-order valence-corrected chi connectivity index (χ3v) is 6.12. The molecule has 5 rings (SSSR count). The predicted octanol–water partition coefficient (Wildman–Crippen LogP) is 6.20. The van der Waals surface area contributed by atoms with E-state index in [0.717, 1.165) is 22.4 Å². The zero-order chi connectivity index (χ0) is 25.4. The second-order valence-electron chi connectivity index (χ2n) is 8.77. The molecule has 1 aliphatic rings. The van der Waals surface area contributed by atoms with Gasteiger partial charge in [-0.1, -0.05) is 35.5 Å². The summed E-state index contributed by atoms with van der Waals surface area (Å²) in [5.41, 5.74) is 5.37. The standard InChI is InChI=1S/C28H25FN4O3/c1-16-11-17(2)13-22(12-16)33-18(3)24(25(30-28(33)34)19-7-6-10-23(15-19)35-4)27-31-26(32-36-27)20-8-5-9-21(29)14-20/h5-15,25H,1-4H3,(H,30,34). The molecule has 1 aliphatic heterocycles. The fourth-order valence-electron chi connectivity index (χ4n) is 4.56. The van der Waals surface area contributed by atoms with E-state index in [1.807, 2.05) is 63.2 Å². The van der Waals surface area contributed by atoms with Gasteiger partial charge in [-0.3, -0.25) is 4.90 Å². The van der Waals surface area contributed by atoms with E-state index in [0.29, 0.717) is 22.6 Å². The lowest BCUT2D eigenvalue weighted by Crippen LogP contribution is -2.46. The van der Waals surface area contributed by atoms with Crippen molar-refractivity contribution in [3.05, 3.63) is 101 Å². The van der Waals surface area contributed by atoms with Crippen LogP contribution in [-0.2, 0) is 0 Å². The number of benzene rings is 3. The highest BCUT2D eigenvalue weighted by Gasteiger charge is 2.36. The van der Waals surface area contributed by atoms with Crippen molar-refractivity contribution in [1.82, 2.24) is 15.5 Å². The topological polar surface area (TPSA) is 80.5 Å². The number of rotatable bonds is 5. The first-order chi connectivity index (χ1) is 17.3. The van der Waals surface area contributed by atoms with Gasteiger partial charge in [0, 0.05) is 11.3 Å². The fourth-order valence-corrected chi connectivity index (χ4v) is 4.56. The molecular formula is C28H25FN4O3. The van der Waals surface area contributed by atoms with Gasteiger partial charge in [0.1, 0.15) is 11.6 Å². The van der Waals surface area contributed by atoms with Crippen LogP contribution in [0.5, 0.6) is 5.75 Å². The quantitative estimate of drug-likeness (QED) is 0.365. The number of allylic oxidation sites excluding steroid dienone is 1. The van der Waals surface area contributed by atoms with Crippen molar-refractivity contribution >= 4 is 17.3 Å². The molecule has 1 aromatic heterocycles. The van der Waals surface area contributed by atoms with Gasteiger partial charge in [-0.15, -0.1) is 0 Å². The van der Waals surface area contributed by atoms with Crippen molar-refractivity contribution in [3.8, 4) is 17.1 Å². The number of carbonyl (C=O) groups is 1. The molecule has 0 saturated carbocycles. The van der Waals surface area contributed by atoms with Crippen LogP contribution in [0.25, 0.3) is 17.0 Å². The van der Waals surface area contributed by atoms with Crippen molar-refractivity contribution in [3.63, 3.8) is 0 Å². The van der Waals surface area contributed by atoms with E-state index < -0.39 is 11.9 Å². The van der Waals surface area contributed by atoms with Crippen LogP contribution in [0, 0.1) is 19.7 Å². The molecule has 36 heavy (non-hydrogen) atoms. The molecule has 3 aromatic carbocycles. The summed E-state index contributed by atoms with van der Waals surface area (Å²) in [4.78, 5) is 19.6. The number of aromatic nitrogens is 2. The van der Waals surface area contributed by atoms with Crippen molar-refractivity contribution in [1.29, 1.82) is 0 Å². The van der Waals surface area contributed by atoms with E-state index in [1.54, 1.807) is 24.1 Å². The minimum absolute atomic E-state index is 0.231. The number of urea groups is 1. The summed E-state index contributed by atoms with van der Waals surface area (Å²) in [6.45, 7) is 5.83. The molecule has 0 bridgehead atoms. The summed E-state index contributed by atoms with van der Waals surface area (Å²) in [7, 11) is 1.59. The summed E-state index contributed by atoms with van der Waals surface area (Å²) in [5.74, 6) is 0.744. The number of carbonyl (C=O) groups excluding carboxylic acids is 1. The maximum absolute atomic E-state index is 13.8. The van der Waals surface area contributed by atoms with E-state index in [1.165, 1.54) is 12.1 Å². The summed E-state index contributed by atoms with van der Waals surface area (Å²) < 4.78 is 24.9. The zero-order valence-corrected chi connectivity index (χ0v) is 20.4. The number of hydrogen-bond acceptors (Lipinski definition) is 5. The van der Waals surface area contributed by atoms with Crippen LogP contribution in [0.2, 0.25) is 0 Å². The molecule has 0 aliphatic carbocycles. The van der Waals surface area contributed by atoms with E-state index in [4.69, 9.17) is 9.26 Å². The Kier molecular flexibility index (Phi) is 6.01. The third-order valence-electron chi connectivity index (χ3n) is 6.12. The molecule has 1 atom stereocenters. The van der Waals surface area contributed by atoms with Crippen LogP contribution in [-0.4, -0.2) is 23.3 Å². The first kappa shape index (κ1) is 23.3. The number of amides is 2. The number of ether oxygens (including phenoxy) is 1. The minimum atomic E-state index is -0.574. The Hall–Kier alpha value is -4.46. The second kappa shape index (κ2) is 9.30. The van der Waals surface area contributed by atoms with Crippen LogP contribution in [0.4, 0.5) is 14.9 Å². The molecule has 0 fully saturated rings. The molecule has 1 N–H and O–H groups in total. The van der Waals surface area contributed by atoms with Crippen molar-refractivity contribution in [2.45, 2.75) is 26.8 Å². The summed E-state index contributed by atoms with van der Waals surface area (Å²) in [6.07, 6.45) is 0. The number of methoxy groups -OCH3 is 1. The minimum Gasteiger partial charge on any atom is -0.497 e. The number of nitrogens with one attached hydrogen (secondary N) is 1. The monoisotopic (exact) mass is 484 g/mol. The average molecular weight is 485 g/mol. The van der Waals surface area contributed by atoms with Gasteiger partial charge in [-0.05, 0) is 73.9 Å². The Labute approximate surface area is 208 Å². The van der Waals surface area contributed by atoms with Crippen LogP contribution in [0.15, 0.2) is 77.0 Å². The first-order valence-electron chi connectivity index (χ1n) is 11.5. The average Bonchev–Trinajstić information content (AvgIpc) is 3.33. The number of anilines is 1. The lowest BCUT2D eigenvalue weighted by Gasteiger charge is -2.35. The van der Waals surface area contributed by atoms with Gasteiger partial charge in [0.25, 0.3) is 5.89 Å². The van der Waals surface area contributed by atoms with Crippen LogP contribution in [0.3, 0.4) is 0 Å². The Morgan fingerprint density at radius 1 is 1.00 bits per heavy atom. The Balaban J connectivity index is 1.68. The first-order valence-corrected chi connectivity index (χ1v) is 11.5. The van der Waals surface area contributed by atoms with Gasteiger partial charge >= 0.3 is 6.03 Å². The predicted molar refractivity (Wildman–Crippen MR) is 135 cm³/mol. The maximum atomic E-state index is 13.8. The van der Waals surface area contributed by atoms with Gasteiger partial charge in [0.2, 0.25) is 5.82 Å². The van der Waals surface area contributed by atoms with Crippen molar-refractivity contribution < 1.29 is 18.4 Å². The molecule has 182 valence electrons. The highest BCUT2D eigenvalue weighted by molar-refractivity contribution is 6.01. The fraction of sp³-hybridized carbons (Fsp3) is 0.179. The maximum Gasteiger partial charge on any atom is 0.326 e. The lowest BCUT2D eigenvalue weighted by molar-refractivity contribution is 0.244. The van der Waals surface area contributed by atoms with Gasteiger partial charge in [-0.25, -0.2) is 9.18 Å². The summed E-state index contributed by atoms with van der Waals surface area (Å²) >= 11 is 0. The second-order valence-corrected chi connectivity index (χ2v) is 8.77. The number of nitrogens with zero attached hydrogens (tertiary/aromatic N) is 3. The third kappa shape index (κ3) is 4.33. The molecule has 0 spiro atoms. The number of halogens is 1. The SMILES string of the molecule is COc1cccc(C2NC(=O)N(c3cc(C)cc(C)c3)C(C)=C2c2nc(-c3cccc(F)c3)no2)c1. The largest absolute Gasteiger partial charge is 0.497 e. The highest BCUT2D eigenvalue weighted by atomic mass is 19.1. The Morgan fingerprint density at radius 3 is 2.47 bits per heavy atom. The van der Waals surface area contributed by atoms with Gasteiger partial charge in [0.05, 0.1) is 24.4 Å². The van der Waals surface area contributed by atoms with Crippen LogP contribution >= 0.6 is 0 Å². The molecule has 2 heterocycles. The molecule has 2 amide bonds. The summed E-state index contributed by atoms with van der Waals surface area (Å²) in [6, 6.07) is 18.5.